The standard InChI is InChI=1S/C12H25N3/c13-7-6-12(4-2-1-3-5-12)15-10-8-14-9-11-15/h14H,1-11,13H2. The Bertz CT molecular complexity index is 176. The second kappa shape index (κ2) is 5.28. The highest BCUT2D eigenvalue weighted by molar-refractivity contribution is 4.94. The van der Waals surface area contributed by atoms with E-state index in [1.54, 1.807) is 0 Å². The maximum absolute atomic E-state index is 5.81. The van der Waals surface area contributed by atoms with Gasteiger partial charge >= 0.3 is 0 Å². The number of piperazine rings is 1. The quantitative estimate of drug-likeness (QED) is 0.730. The Kier molecular flexibility index (Phi) is 4.00. The molecule has 1 heterocycles. The van der Waals surface area contributed by atoms with Crippen LogP contribution < -0.4 is 11.1 Å². The molecule has 1 saturated carbocycles. The minimum absolute atomic E-state index is 0.467. The van der Waals surface area contributed by atoms with E-state index in [2.05, 4.69) is 10.2 Å². The average molecular weight is 211 g/mol. The third kappa shape index (κ3) is 2.52. The molecule has 0 atom stereocenters. The van der Waals surface area contributed by atoms with Crippen LogP contribution in [0.25, 0.3) is 0 Å². The van der Waals surface area contributed by atoms with Crippen molar-refractivity contribution in [1.29, 1.82) is 0 Å². The maximum atomic E-state index is 5.81. The number of nitrogens with one attached hydrogen (secondary N) is 1. The average Bonchev–Trinajstić information content (AvgIpc) is 2.32. The molecule has 3 N–H and O–H groups in total. The van der Waals surface area contributed by atoms with Crippen LogP contribution in [0.4, 0.5) is 0 Å². The first-order valence-electron chi connectivity index (χ1n) is 6.53. The lowest BCUT2D eigenvalue weighted by atomic mass is 9.77. The van der Waals surface area contributed by atoms with Crippen LogP contribution in [0.5, 0.6) is 0 Å². The lowest BCUT2D eigenvalue weighted by Crippen LogP contribution is -2.57. The fraction of sp³-hybridized carbons (Fsp3) is 1.00. The summed E-state index contributed by atoms with van der Waals surface area (Å²) >= 11 is 0. The fourth-order valence-electron chi connectivity index (χ4n) is 3.34. The smallest absolute Gasteiger partial charge is 0.0222 e. The van der Waals surface area contributed by atoms with Crippen molar-refractivity contribution < 1.29 is 0 Å². The normalized spacial score (nSPS) is 27.8. The third-order valence-electron chi connectivity index (χ3n) is 4.18. The zero-order valence-corrected chi connectivity index (χ0v) is 9.80. The Hall–Kier alpha value is -0.120. The molecule has 2 fully saturated rings. The summed E-state index contributed by atoms with van der Waals surface area (Å²) in [5, 5.41) is 3.44. The Labute approximate surface area is 93.4 Å². The molecule has 0 spiro atoms. The van der Waals surface area contributed by atoms with Crippen LogP contribution in [0.3, 0.4) is 0 Å². The Morgan fingerprint density at radius 3 is 2.33 bits per heavy atom. The van der Waals surface area contributed by atoms with Crippen LogP contribution in [0, 0.1) is 0 Å². The first-order chi connectivity index (χ1) is 7.37. The molecular weight excluding hydrogens is 186 g/mol. The van der Waals surface area contributed by atoms with Gasteiger partial charge in [0.25, 0.3) is 0 Å². The molecule has 2 rings (SSSR count). The van der Waals surface area contributed by atoms with Gasteiger partial charge in [0.15, 0.2) is 0 Å². The summed E-state index contributed by atoms with van der Waals surface area (Å²) in [4.78, 5) is 2.72. The molecule has 3 nitrogen and oxygen atoms in total. The van der Waals surface area contributed by atoms with E-state index in [9.17, 15) is 0 Å². The highest BCUT2D eigenvalue weighted by Gasteiger charge is 2.37. The van der Waals surface area contributed by atoms with Crippen LogP contribution in [0.15, 0.2) is 0 Å². The van der Waals surface area contributed by atoms with Gasteiger partial charge in [0.2, 0.25) is 0 Å². The molecule has 3 heteroatoms. The number of hydrogen-bond donors (Lipinski definition) is 2. The molecule has 1 saturated heterocycles. The SMILES string of the molecule is NCCC1(N2CCNCC2)CCCCC1. The summed E-state index contributed by atoms with van der Waals surface area (Å²) in [5.41, 5.74) is 6.28. The molecule has 0 bridgehead atoms. The van der Waals surface area contributed by atoms with Crippen LogP contribution in [-0.2, 0) is 0 Å². The van der Waals surface area contributed by atoms with Gasteiger partial charge < -0.3 is 11.1 Å². The number of nitrogens with zero attached hydrogens (tertiary/aromatic N) is 1. The summed E-state index contributed by atoms with van der Waals surface area (Å²) in [6.45, 7) is 5.61. The van der Waals surface area contributed by atoms with E-state index >= 15 is 0 Å². The lowest BCUT2D eigenvalue weighted by Gasteiger charge is -2.48. The minimum Gasteiger partial charge on any atom is -0.330 e. The summed E-state index contributed by atoms with van der Waals surface area (Å²) < 4.78 is 0. The van der Waals surface area contributed by atoms with Gasteiger partial charge in [0.1, 0.15) is 0 Å². The van der Waals surface area contributed by atoms with Crippen LogP contribution in [-0.4, -0.2) is 43.2 Å². The molecule has 0 aromatic rings. The first kappa shape index (κ1) is 11.4. The van der Waals surface area contributed by atoms with Gasteiger partial charge in [-0.1, -0.05) is 19.3 Å². The third-order valence-corrected chi connectivity index (χ3v) is 4.18. The van der Waals surface area contributed by atoms with Crippen molar-refractivity contribution in [1.82, 2.24) is 10.2 Å². The highest BCUT2D eigenvalue weighted by atomic mass is 15.2. The molecule has 0 amide bonds. The largest absolute Gasteiger partial charge is 0.330 e. The molecule has 0 aromatic heterocycles. The van der Waals surface area contributed by atoms with Gasteiger partial charge in [0, 0.05) is 31.7 Å². The maximum Gasteiger partial charge on any atom is 0.0222 e. The molecule has 1 aliphatic heterocycles. The topological polar surface area (TPSA) is 41.3 Å². The van der Waals surface area contributed by atoms with Crippen LogP contribution >= 0.6 is 0 Å². The number of hydrogen-bond acceptors (Lipinski definition) is 3. The van der Waals surface area contributed by atoms with E-state index in [-0.39, 0.29) is 0 Å². The Morgan fingerprint density at radius 2 is 1.73 bits per heavy atom. The summed E-state index contributed by atoms with van der Waals surface area (Å²) in [5.74, 6) is 0. The fourth-order valence-corrected chi connectivity index (χ4v) is 3.34. The van der Waals surface area contributed by atoms with E-state index in [0.29, 0.717) is 5.54 Å². The van der Waals surface area contributed by atoms with Gasteiger partial charge in [-0.05, 0) is 25.8 Å². The predicted octanol–water partition coefficient (Wildman–Crippen LogP) is 0.943. The second-order valence-electron chi connectivity index (χ2n) is 5.06. The van der Waals surface area contributed by atoms with E-state index in [0.717, 1.165) is 19.6 Å². The molecular formula is C12H25N3. The van der Waals surface area contributed by atoms with Gasteiger partial charge in [-0.25, -0.2) is 0 Å². The van der Waals surface area contributed by atoms with Crippen molar-refractivity contribution in [2.75, 3.05) is 32.7 Å². The minimum atomic E-state index is 0.467. The zero-order chi connectivity index (χ0) is 10.6. The Morgan fingerprint density at radius 1 is 1.07 bits per heavy atom. The van der Waals surface area contributed by atoms with Crippen LogP contribution in [0.2, 0.25) is 0 Å². The number of rotatable bonds is 3. The first-order valence-corrected chi connectivity index (χ1v) is 6.53. The van der Waals surface area contributed by atoms with Crippen molar-refractivity contribution in [3.63, 3.8) is 0 Å². The molecule has 0 unspecified atom stereocenters. The molecule has 0 radical (unpaired) electrons. The van der Waals surface area contributed by atoms with Gasteiger partial charge in [0.05, 0.1) is 0 Å². The van der Waals surface area contributed by atoms with Crippen molar-refractivity contribution in [3.05, 3.63) is 0 Å². The van der Waals surface area contributed by atoms with Crippen molar-refractivity contribution in [3.8, 4) is 0 Å². The molecule has 15 heavy (non-hydrogen) atoms. The van der Waals surface area contributed by atoms with E-state index < -0.39 is 0 Å². The van der Waals surface area contributed by atoms with Crippen LogP contribution in [0.1, 0.15) is 38.5 Å². The zero-order valence-electron chi connectivity index (χ0n) is 9.80. The van der Waals surface area contributed by atoms with Crippen molar-refractivity contribution in [2.24, 2.45) is 5.73 Å². The monoisotopic (exact) mass is 211 g/mol. The second-order valence-corrected chi connectivity index (χ2v) is 5.06. The van der Waals surface area contributed by atoms with Gasteiger partial charge in [-0.15, -0.1) is 0 Å². The van der Waals surface area contributed by atoms with Crippen molar-refractivity contribution >= 4 is 0 Å². The summed E-state index contributed by atoms with van der Waals surface area (Å²) in [7, 11) is 0. The lowest BCUT2D eigenvalue weighted by molar-refractivity contribution is 0.0340. The molecule has 88 valence electrons. The van der Waals surface area contributed by atoms with E-state index in [1.807, 2.05) is 0 Å². The number of nitrogens with two attached hydrogens (primary N) is 1. The van der Waals surface area contributed by atoms with E-state index in [4.69, 9.17) is 5.73 Å². The predicted molar refractivity (Wildman–Crippen MR) is 63.9 cm³/mol. The van der Waals surface area contributed by atoms with Gasteiger partial charge in [-0.2, -0.15) is 0 Å². The Balaban J connectivity index is 2.01. The summed E-state index contributed by atoms with van der Waals surface area (Å²) in [6.07, 6.45) is 8.20. The van der Waals surface area contributed by atoms with Gasteiger partial charge in [-0.3, -0.25) is 4.90 Å². The summed E-state index contributed by atoms with van der Waals surface area (Å²) in [6, 6.07) is 0. The van der Waals surface area contributed by atoms with Crippen molar-refractivity contribution in [2.45, 2.75) is 44.1 Å². The molecule has 2 aliphatic rings. The molecule has 1 aliphatic carbocycles. The molecule has 0 aromatic carbocycles. The van der Waals surface area contributed by atoms with E-state index in [1.165, 1.54) is 51.6 Å². The highest BCUT2D eigenvalue weighted by Crippen LogP contribution is 2.36.